The number of amides is 1. The van der Waals surface area contributed by atoms with Gasteiger partial charge in [0.25, 0.3) is 5.91 Å². The molecule has 28 heavy (non-hydrogen) atoms. The van der Waals surface area contributed by atoms with Crippen molar-refractivity contribution in [3.63, 3.8) is 0 Å². The monoisotopic (exact) mass is 446 g/mol. The molecule has 1 aromatic heterocycles. The third-order valence-corrected chi connectivity index (χ3v) is 6.04. The highest BCUT2D eigenvalue weighted by Gasteiger charge is 2.26. The molecule has 0 unspecified atom stereocenters. The summed E-state index contributed by atoms with van der Waals surface area (Å²) in [6, 6.07) is 18.0. The maximum atomic E-state index is 13.5. The standard InChI is InChI=1S/C21H13Cl3N2OS/c1-12-10-13(22)7-9-18(12)26(20(27)15-8-6-14(23)11-16(15)24)21-25-17-4-2-3-5-19(17)28-21/h2-11H,1H3. The SMILES string of the molecule is Cc1cc(Cl)ccc1N(C(=O)c1ccc(Cl)cc1Cl)c1nc2ccccc2s1. The van der Waals surface area contributed by atoms with Gasteiger partial charge in [-0.3, -0.25) is 9.69 Å². The fourth-order valence-corrected chi connectivity index (χ4v) is 4.60. The molecular weight excluding hydrogens is 435 g/mol. The number of fused-ring (bicyclic) bond motifs is 1. The topological polar surface area (TPSA) is 33.2 Å². The third kappa shape index (κ3) is 3.61. The number of rotatable bonds is 3. The summed E-state index contributed by atoms with van der Waals surface area (Å²) >= 11 is 19.9. The van der Waals surface area contributed by atoms with Crippen LogP contribution in [-0.4, -0.2) is 10.9 Å². The van der Waals surface area contributed by atoms with E-state index in [0.717, 1.165) is 15.8 Å². The molecule has 0 spiro atoms. The highest BCUT2D eigenvalue weighted by atomic mass is 35.5. The van der Waals surface area contributed by atoms with Crippen LogP contribution in [0.15, 0.2) is 60.7 Å². The van der Waals surface area contributed by atoms with E-state index < -0.39 is 0 Å². The summed E-state index contributed by atoms with van der Waals surface area (Å²) in [7, 11) is 0. The Hall–Kier alpha value is -2.11. The smallest absolute Gasteiger partial charge is 0.266 e. The predicted octanol–water partition coefficient (Wildman–Crippen LogP) is 7.54. The second-order valence-corrected chi connectivity index (χ2v) is 8.45. The number of nitrogens with zero attached hydrogens (tertiary/aromatic N) is 2. The number of benzene rings is 3. The normalized spacial score (nSPS) is 11.0. The maximum Gasteiger partial charge on any atom is 0.266 e. The van der Waals surface area contributed by atoms with Gasteiger partial charge >= 0.3 is 0 Å². The zero-order valence-electron chi connectivity index (χ0n) is 14.6. The Morgan fingerprint density at radius 1 is 0.964 bits per heavy atom. The first kappa shape index (κ1) is 19.2. The minimum absolute atomic E-state index is 0.286. The van der Waals surface area contributed by atoms with E-state index in [9.17, 15) is 4.79 Å². The minimum Gasteiger partial charge on any atom is -0.268 e. The van der Waals surface area contributed by atoms with Gasteiger partial charge in [-0.25, -0.2) is 4.98 Å². The fraction of sp³-hybridized carbons (Fsp3) is 0.0476. The first-order chi connectivity index (χ1) is 13.4. The summed E-state index contributed by atoms with van der Waals surface area (Å²) < 4.78 is 0.990. The number of carbonyl (C=O) groups excluding carboxylic acids is 1. The Morgan fingerprint density at radius 3 is 2.39 bits per heavy atom. The zero-order valence-corrected chi connectivity index (χ0v) is 17.7. The number of thiazole rings is 1. The van der Waals surface area contributed by atoms with E-state index in [0.29, 0.717) is 26.4 Å². The number of hydrogen-bond acceptors (Lipinski definition) is 3. The summed E-state index contributed by atoms with van der Waals surface area (Å²) in [6.45, 7) is 1.90. The predicted molar refractivity (Wildman–Crippen MR) is 119 cm³/mol. The van der Waals surface area contributed by atoms with E-state index in [1.54, 1.807) is 29.2 Å². The van der Waals surface area contributed by atoms with E-state index in [-0.39, 0.29) is 10.9 Å². The van der Waals surface area contributed by atoms with E-state index in [4.69, 9.17) is 34.8 Å². The highest BCUT2D eigenvalue weighted by molar-refractivity contribution is 7.22. The van der Waals surface area contributed by atoms with Crippen molar-refractivity contribution in [3.8, 4) is 0 Å². The molecular formula is C21H13Cl3N2OS. The van der Waals surface area contributed by atoms with Gasteiger partial charge in [0.1, 0.15) is 0 Å². The van der Waals surface area contributed by atoms with Crippen molar-refractivity contribution >= 4 is 73.1 Å². The molecule has 0 N–H and O–H groups in total. The molecule has 0 radical (unpaired) electrons. The minimum atomic E-state index is -0.286. The van der Waals surface area contributed by atoms with Gasteiger partial charge in [-0.1, -0.05) is 58.3 Å². The maximum absolute atomic E-state index is 13.5. The van der Waals surface area contributed by atoms with Gasteiger partial charge in [0, 0.05) is 10.0 Å². The molecule has 0 aliphatic carbocycles. The van der Waals surface area contributed by atoms with Gasteiger partial charge in [0.15, 0.2) is 5.13 Å². The van der Waals surface area contributed by atoms with E-state index in [1.165, 1.54) is 11.3 Å². The van der Waals surface area contributed by atoms with Crippen LogP contribution in [0.2, 0.25) is 15.1 Å². The van der Waals surface area contributed by atoms with Gasteiger partial charge in [0.2, 0.25) is 0 Å². The molecule has 3 nitrogen and oxygen atoms in total. The van der Waals surface area contributed by atoms with Crippen molar-refractivity contribution in [2.24, 2.45) is 0 Å². The number of para-hydroxylation sites is 1. The molecule has 0 atom stereocenters. The van der Waals surface area contributed by atoms with Crippen LogP contribution in [0.5, 0.6) is 0 Å². The Morgan fingerprint density at radius 2 is 1.68 bits per heavy atom. The van der Waals surface area contributed by atoms with Crippen molar-refractivity contribution < 1.29 is 4.79 Å². The van der Waals surface area contributed by atoms with Crippen molar-refractivity contribution in [2.75, 3.05) is 4.90 Å². The van der Waals surface area contributed by atoms with E-state index in [1.807, 2.05) is 43.3 Å². The molecule has 0 fully saturated rings. The molecule has 1 amide bonds. The summed E-state index contributed by atoms with van der Waals surface area (Å²) in [6.07, 6.45) is 0. The summed E-state index contributed by atoms with van der Waals surface area (Å²) in [5, 5.41) is 1.91. The summed E-state index contributed by atoms with van der Waals surface area (Å²) in [5.41, 5.74) is 2.72. The van der Waals surface area contributed by atoms with Gasteiger partial charge in [-0.05, 0) is 61.0 Å². The van der Waals surface area contributed by atoms with Crippen LogP contribution in [-0.2, 0) is 0 Å². The first-order valence-electron chi connectivity index (χ1n) is 8.35. The molecule has 140 valence electrons. The van der Waals surface area contributed by atoms with Crippen LogP contribution in [0.1, 0.15) is 15.9 Å². The lowest BCUT2D eigenvalue weighted by Crippen LogP contribution is -2.26. The van der Waals surface area contributed by atoms with Gasteiger partial charge in [-0.2, -0.15) is 0 Å². The summed E-state index contributed by atoms with van der Waals surface area (Å²) in [4.78, 5) is 19.8. The van der Waals surface area contributed by atoms with Crippen LogP contribution in [0.4, 0.5) is 10.8 Å². The average Bonchev–Trinajstić information content (AvgIpc) is 3.07. The average molecular weight is 448 g/mol. The second-order valence-electron chi connectivity index (χ2n) is 6.16. The van der Waals surface area contributed by atoms with Crippen LogP contribution < -0.4 is 4.90 Å². The van der Waals surface area contributed by atoms with Crippen LogP contribution in [0.25, 0.3) is 10.2 Å². The molecule has 3 aromatic carbocycles. The van der Waals surface area contributed by atoms with Crippen LogP contribution in [0, 0.1) is 6.92 Å². The quantitative estimate of drug-likeness (QED) is 0.325. The van der Waals surface area contributed by atoms with E-state index in [2.05, 4.69) is 4.98 Å². The second kappa shape index (κ2) is 7.72. The number of aromatic nitrogens is 1. The van der Waals surface area contributed by atoms with Crippen molar-refractivity contribution in [3.05, 3.63) is 86.9 Å². The molecule has 0 bridgehead atoms. The van der Waals surface area contributed by atoms with Crippen LogP contribution >= 0.6 is 46.1 Å². The van der Waals surface area contributed by atoms with Crippen molar-refractivity contribution in [1.29, 1.82) is 0 Å². The molecule has 0 saturated carbocycles. The number of aryl methyl sites for hydroxylation is 1. The molecule has 1 heterocycles. The van der Waals surface area contributed by atoms with Crippen molar-refractivity contribution in [2.45, 2.75) is 6.92 Å². The Balaban J connectivity index is 1.91. The van der Waals surface area contributed by atoms with Gasteiger partial charge in [0.05, 0.1) is 26.5 Å². The molecule has 0 aliphatic rings. The van der Waals surface area contributed by atoms with Gasteiger partial charge in [-0.15, -0.1) is 0 Å². The molecule has 0 saturated heterocycles. The molecule has 0 aliphatic heterocycles. The largest absolute Gasteiger partial charge is 0.268 e. The number of anilines is 2. The molecule has 7 heteroatoms. The zero-order chi connectivity index (χ0) is 19.8. The summed E-state index contributed by atoms with van der Waals surface area (Å²) in [5.74, 6) is -0.286. The van der Waals surface area contributed by atoms with Gasteiger partial charge < -0.3 is 0 Å². The fourth-order valence-electron chi connectivity index (χ4n) is 2.91. The lowest BCUT2D eigenvalue weighted by molar-refractivity contribution is 0.0999. The lowest BCUT2D eigenvalue weighted by atomic mass is 10.1. The first-order valence-corrected chi connectivity index (χ1v) is 10.3. The number of halogens is 3. The van der Waals surface area contributed by atoms with E-state index >= 15 is 0 Å². The number of carbonyl (C=O) groups is 1. The van der Waals surface area contributed by atoms with Crippen molar-refractivity contribution in [1.82, 2.24) is 4.98 Å². The number of hydrogen-bond donors (Lipinski definition) is 0. The van der Waals surface area contributed by atoms with Crippen LogP contribution in [0.3, 0.4) is 0 Å². The molecule has 4 aromatic rings. The Labute approximate surface area is 181 Å². The lowest BCUT2D eigenvalue weighted by Gasteiger charge is -2.22. The Kier molecular flexibility index (Phi) is 5.30. The third-order valence-electron chi connectivity index (χ3n) is 4.24. The Bertz CT molecular complexity index is 1170. The molecule has 4 rings (SSSR count). The highest BCUT2D eigenvalue weighted by Crippen LogP contribution is 2.37.